The van der Waals surface area contributed by atoms with Gasteiger partial charge in [0.1, 0.15) is 0 Å². The van der Waals surface area contributed by atoms with E-state index in [1.54, 1.807) is 0 Å². The first-order valence-corrected chi connectivity index (χ1v) is 8.76. The lowest BCUT2D eigenvalue weighted by molar-refractivity contribution is 0.340. The summed E-state index contributed by atoms with van der Waals surface area (Å²) in [7, 11) is 0. The van der Waals surface area contributed by atoms with Gasteiger partial charge in [0.25, 0.3) is 0 Å². The zero-order valence-electron chi connectivity index (χ0n) is 14.2. The maximum absolute atomic E-state index is 2.42. The summed E-state index contributed by atoms with van der Waals surface area (Å²) in [5.41, 5.74) is 4.64. The van der Waals surface area contributed by atoms with Gasteiger partial charge in [-0.15, -0.1) is 0 Å². The van der Waals surface area contributed by atoms with Crippen LogP contribution in [0.4, 0.5) is 0 Å². The molecule has 1 aliphatic rings. The van der Waals surface area contributed by atoms with Crippen LogP contribution in [-0.4, -0.2) is 0 Å². The van der Waals surface area contributed by atoms with Crippen LogP contribution in [-0.2, 0) is 0 Å². The number of hydrogen-bond donors (Lipinski definition) is 0. The SMILES string of the molecule is CCC1(CC)C=CC=C(C(c2ccccc2)c2ccccc2)C1. The first kappa shape index (κ1) is 15.8. The highest BCUT2D eigenvalue weighted by Gasteiger charge is 2.30. The maximum Gasteiger partial charge on any atom is 0.0302 e. The molecule has 0 saturated carbocycles. The molecule has 0 bridgehead atoms. The molecule has 1 aliphatic carbocycles. The summed E-state index contributed by atoms with van der Waals surface area (Å²) < 4.78 is 0. The topological polar surface area (TPSA) is 0 Å². The highest BCUT2D eigenvalue weighted by Crippen LogP contribution is 2.44. The molecule has 23 heavy (non-hydrogen) atoms. The lowest BCUT2D eigenvalue weighted by atomic mass is 9.69. The van der Waals surface area contributed by atoms with Gasteiger partial charge in [-0.3, -0.25) is 0 Å². The van der Waals surface area contributed by atoms with Crippen molar-refractivity contribution in [3.05, 3.63) is 95.6 Å². The molecule has 0 aromatic heterocycles. The fourth-order valence-electron chi connectivity index (χ4n) is 3.75. The monoisotopic (exact) mass is 302 g/mol. The second-order valence-electron chi connectivity index (χ2n) is 6.60. The number of benzene rings is 2. The molecular formula is C23H26. The smallest absolute Gasteiger partial charge is 0.0302 e. The predicted molar refractivity (Wildman–Crippen MR) is 99.6 cm³/mol. The molecule has 0 radical (unpaired) electrons. The zero-order chi connectivity index (χ0) is 16.1. The van der Waals surface area contributed by atoms with Crippen LogP contribution in [0.15, 0.2) is 84.5 Å². The zero-order valence-corrected chi connectivity index (χ0v) is 14.2. The van der Waals surface area contributed by atoms with Crippen LogP contribution in [0.5, 0.6) is 0 Å². The summed E-state index contributed by atoms with van der Waals surface area (Å²) in [6.45, 7) is 4.63. The van der Waals surface area contributed by atoms with E-state index in [9.17, 15) is 0 Å². The van der Waals surface area contributed by atoms with Crippen molar-refractivity contribution in [1.82, 2.24) is 0 Å². The molecule has 0 unspecified atom stereocenters. The highest BCUT2D eigenvalue weighted by atomic mass is 14.3. The van der Waals surface area contributed by atoms with Gasteiger partial charge in [0, 0.05) is 5.92 Å². The average Bonchev–Trinajstić information content (AvgIpc) is 2.64. The van der Waals surface area contributed by atoms with Crippen molar-refractivity contribution < 1.29 is 0 Å². The lowest BCUT2D eigenvalue weighted by Gasteiger charge is -2.35. The molecule has 0 atom stereocenters. The number of allylic oxidation sites excluding steroid dienone is 4. The van der Waals surface area contributed by atoms with E-state index < -0.39 is 0 Å². The molecule has 0 fully saturated rings. The average molecular weight is 302 g/mol. The summed E-state index contributed by atoms with van der Waals surface area (Å²) >= 11 is 0. The minimum Gasteiger partial charge on any atom is -0.0780 e. The minimum atomic E-state index is 0.325. The molecule has 118 valence electrons. The highest BCUT2D eigenvalue weighted by molar-refractivity contribution is 5.44. The van der Waals surface area contributed by atoms with Crippen molar-refractivity contribution >= 4 is 0 Å². The maximum atomic E-state index is 2.42. The molecular weight excluding hydrogens is 276 g/mol. The van der Waals surface area contributed by atoms with Crippen LogP contribution < -0.4 is 0 Å². The first-order valence-electron chi connectivity index (χ1n) is 8.76. The Balaban J connectivity index is 2.03. The molecule has 0 N–H and O–H groups in total. The molecule has 0 heterocycles. The molecule has 0 amide bonds. The molecule has 0 aliphatic heterocycles. The largest absolute Gasteiger partial charge is 0.0780 e. The van der Waals surface area contributed by atoms with E-state index in [1.165, 1.54) is 29.5 Å². The van der Waals surface area contributed by atoms with E-state index in [1.807, 2.05) is 0 Å². The fraction of sp³-hybridized carbons (Fsp3) is 0.304. The van der Waals surface area contributed by atoms with Crippen molar-refractivity contribution in [3.8, 4) is 0 Å². The summed E-state index contributed by atoms with van der Waals surface area (Å²) in [4.78, 5) is 0. The number of rotatable bonds is 5. The third kappa shape index (κ3) is 3.32. The molecule has 0 spiro atoms. The van der Waals surface area contributed by atoms with Crippen LogP contribution in [0.2, 0.25) is 0 Å². The Morgan fingerprint density at radius 2 is 1.35 bits per heavy atom. The van der Waals surface area contributed by atoms with Crippen molar-refractivity contribution in [3.63, 3.8) is 0 Å². The Morgan fingerprint density at radius 1 is 0.826 bits per heavy atom. The van der Waals surface area contributed by atoms with Crippen LogP contribution in [0.25, 0.3) is 0 Å². The third-order valence-corrected chi connectivity index (χ3v) is 5.36. The molecule has 2 aromatic rings. The van der Waals surface area contributed by atoms with Gasteiger partial charge in [-0.05, 0) is 35.8 Å². The molecule has 0 saturated heterocycles. The van der Waals surface area contributed by atoms with Gasteiger partial charge in [0.05, 0.1) is 0 Å². The molecule has 0 nitrogen and oxygen atoms in total. The van der Waals surface area contributed by atoms with Crippen LogP contribution >= 0.6 is 0 Å². The van der Waals surface area contributed by atoms with Crippen molar-refractivity contribution in [2.45, 2.75) is 39.0 Å². The Morgan fingerprint density at radius 3 is 1.83 bits per heavy atom. The van der Waals surface area contributed by atoms with Crippen LogP contribution in [0.3, 0.4) is 0 Å². The van der Waals surface area contributed by atoms with Crippen LogP contribution in [0, 0.1) is 5.41 Å². The summed E-state index contributed by atoms with van der Waals surface area (Å²) in [6, 6.07) is 21.8. The quantitative estimate of drug-likeness (QED) is 0.590. The Labute approximate surface area is 140 Å². The Hall–Kier alpha value is -2.08. The van der Waals surface area contributed by atoms with E-state index >= 15 is 0 Å². The van der Waals surface area contributed by atoms with Gasteiger partial charge in [-0.1, -0.05) is 98.3 Å². The van der Waals surface area contributed by atoms with E-state index in [2.05, 4.69) is 92.7 Å². The van der Waals surface area contributed by atoms with E-state index in [0.717, 1.165) is 6.42 Å². The van der Waals surface area contributed by atoms with Crippen molar-refractivity contribution in [1.29, 1.82) is 0 Å². The predicted octanol–water partition coefficient (Wildman–Crippen LogP) is 6.51. The summed E-state index contributed by atoms with van der Waals surface area (Å²) in [5.74, 6) is 0.361. The van der Waals surface area contributed by atoms with Gasteiger partial charge in [-0.2, -0.15) is 0 Å². The van der Waals surface area contributed by atoms with Gasteiger partial charge in [0.2, 0.25) is 0 Å². The van der Waals surface area contributed by atoms with Crippen molar-refractivity contribution in [2.24, 2.45) is 5.41 Å². The molecule has 0 heteroatoms. The van der Waals surface area contributed by atoms with E-state index in [0.29, 0.717) is 11.3 Å². The van der Waals surface area contributed by atoms with Gasteiger partial charge >= 0.3 is 0 Å². The molecule has 2 aromatic carbocycles. The molecule has 3 rings (SSSR count). The van der Waals surface area contributed by atoms with Gasteiger partial charge in [0.15, 0.2) is 0 Å². The van der Waals surface area contributed by atoms with Gasteiger partial charge in [-0.25, -0.2) is 0 Å². The van der Waals surface area contributed by atoms with E-state index in [-0.39, 0.29) is 0 Å². The van der Waals surface area contributed by atoms with E-state index in [4.69, 9.17) is 0 Å². The normalized spacial score (nSPS) is 16.4. The van der Waals surface area contributed by atoms with Gasteiger partial charge < -0.3 is 0 Å². The number of hydrogen-bond acceptors (Lipinski definition) is 0. The Kier molecular flexibility index (Phi) is 4.81. The first-order chi connectivity index (χ1) is 11.3. The standard InChI is InChI=1S/C23H26/c1-3-23(4-2)17-11-16-21(18-23)22(19-12-7-5-8-13-19)20-14-9-6-10-15-20/h5-17,22H,3-4,18H2,1-2H3. The minimum absolute atomic E-state index is 0.325. The second kappa shape index (κ2) is 7.00. The lowest BCUT2D eigenvalue weighted by Crippen LogP contribution is -2.21. The summed E-state index contributed by atoms with van der Waals surface area (Å²) in [5, 5.41) is 0. The van der Waals surface area contributed by atoms with Crippen molar-refractivity contribution in [2.75, 3.05) is 0 Å². The summed E-state index contributed by atoms with van der Waals surface area (Å²) in [6.07, 6.45) is 10.6. The van der Waals surface area contributed by atoms with Crippen LogP contribution in [0.1, 0.15) is 50.2 Å². The third-order valence-electron chi connectivity index (χ3n) is 5.36. The fourth-order valence-corrected chi connectivity index (χ4v) is 3.75. The Bertz CT molecular complexity index is 633. The second-order valence-corrected chi connectivity index (χ2v) is 6.60.